The summed E-state index contributed by atoms with van der Waals surface area (Å²) in [5.41, 5.74) is 0.711. The second-order valence-corrected chi connectivity index (χ2v) is 7.91. The van der Waals surface area contributed by atoms with Crippen LogP contribution in [0, 0.1) is 0 Å². The number of hydrogen-bond donors (Lipinski definition) is 0. The molecule has 4 heterocycles. The van der Waals surface area contributed by atoms with Gasteiger partial charge in [-0.15, -0.1) is 0 Å². The summed E-state index contributed by atoms with van der Waals surface area (Å²) in [4.78, 5) is 44.1. The van der Waals surface area contributed by atoms with Gasteiger partial charge in [0.1, 0.15) is 18.3 Å². The van der Waals surface area contributed by atoms with E-state index in [2.05, 4.69) is 14.9 Å². The largest absolute Gasteiger partial charge is 0.447 e. The number of carbonyl (C=O) groups excluding carboxylic acids is 2. The third-order valence-corrected chi connectivity index (χ3v) is 6.24. The maximum atomic E-state index is 13.0. The minimum Gasteiger partial charge on any atom is -0.447 e. The summed E-state index contributed by atoms with van der Waals surface area (Å²) in [5, 5.41) is 0. The number of cyclic esters (lactones) is 1. The summed E-state index contributed by atoms with van der Waals surface area (Å²) in [5.74, 6) is 1.69. The number of fused-ring (bicyclic) bond motifs is 1. The lowest BCUT2D eigenvalue weighted by Crippen LogP contribution is -2.55. The summed E-state index contributed by atoms with van der Waals surface area (Å²) >= 11 is 0. The van der Waals surface area contributed by atoms with Gasteiger partial charge in [0.25, 0.3) is 0 Å². The van der Waals surface area contributed by atoms with Gasteiger partial charge in [0.2, 0.25) is 17.8 Å². The van der Waals surface area contributed by atoms with Crippen molar-refractivity contribution < 1.29 is 14.3 Å². The average molecular weight is 411 g/mol. The smallest absolute Gasteiger partial charge is 0.416 e. The molecule has 0 bridgehead atoms. The molecule has 1 saturated heterocycles. The second-order valence-electron chi connectivity index (χ2n) is 7.91. The number of rotatable bonds is 4. The van der Waals surface area contributed by atoms with Crippen molar-refractivity contribution in [2.24, 2.45) is 0 Å². The van der Waals surface area contributed by atoms with Crippen LogP contribution in [0.1, 0.15) is 39.0 Å². The molecule has 1 saturated carbocycles. The number of nitrogens with zero attached hydrogens (tertiary/aromatic N) is 7. The summed E-state index contributed by atoms with van der Waals surface area (Å²) in [6.07, 6.45) is 9.77. The van der Waals surface area contributed by atoms with E-state index in [9.17, 15) is 9.59 Å². The highest BCUT2D eigenvalue weighted by Crippen LogP contribution is 2.39. The van der Waals surface area contributed by atoms with E-state index in [1.807, 2.05) is 6.92 Å². The lowest BCUT2D eigenvalue weighted by molar-refractivity contribution is -0.120. The number of amides is 2. The van der Waals surface area contributed by atoms with E-state index in [1.54, 1.807) is 35.1 Å². The number of hydrogen-bond acceptors (Lipinski definition) is 7. The van der Waals surface area contributed by atoms with Gasteiger partial charge in [-0.1, -0.05) is 19.8 Å². The Morgan fingerprint density at radius 1 is 1.20 bits per heavy atom. The third-order valence-electron chi connectivity index (χ3n) is 6.24. The molecule has 2 aliphatic heterocycles. The molecule has 30 heavy (non-hydrogen) atoms. The maximum absolute atomic E-state index is 13.0. The molecule has 0 radical (unpaired) electrons. The van der Waals surface area contributed by atoms with Gasteiger partial charge < -0.3 is 14.5 Å². The van der Waals surface area contributed by atoms with Crippen LogP contribution < -0.4 is 14.7 Å². The quantitative estimate of drug-likeness (QED) is 0.760. The maximum Gasteiger partial charge on any atom is 0.416 e. The first-order valence-electron chi connectivity index (χ1n) is 10.5. The number of ether oxygens (including phenoxy) is 1. The van der Waals surface area contributed by atoms with Crippen LogP contribution in [0.4, 0.5) is 22.2 Å². The van der Waals surface area contributed by atoms with Gasteiger partial charge in [-0.05, 0) is 19.3 Å². The molecule has 2 amide bonds. The van der Waals surface area contributed by atoms with Crippen molar-refractivity contribution in [2.45, 2.75) is 51.1 Å². The fourth-order valence-corrected chi connectivity index (χ4v) is 4.72. The Balaban J connectivity index is 1.60. The van der Waals surface area contributed by atoms with E-state index < -0.39 is 6.09 Å². The minimum absolute atomic E-state index is 0.0800. The molecule has 3 aliphatic rings. The molecule has 158 valence electrons. The van der Waals surface area contributed by atoms with Crippen molar-refractivity contribution in [3.63, 3.8) is 0 Å². The van der Waals surface area contributed by atoms with Gasteiger partial charge in [0, 0.05) is 25.5 Å². The normalized spacial score (nSPS) is 22.1. The zero-order valence-corrected chi connectivity index (χ0v) is 17.2. The van der Waals surface area contributed by atoms with Crippen LogP contribution in [-0.4, -0.2) is 63.8 Å². The fraction of sp³-hybridized carbons (Fsp3) is 0.550. The van der Waals surface area contributed by atoms with Crippen LogP contribution in [0.25, 0.3) is 5.95 Å². The zero-order valence-electron chi connectivity index (χ0n) is 17.2. The van der Waals surface area contributed by atoms with Gasteiger partial charge in [0.15, 0.2) is 5.82 Å². The Morgan fingerprint density at radius 2 is 2.00 bits per heavy atom. The zero-order chi connectivity index (χ0) is 20.8. The van der Waals surface area contributed by atoms with Gasteiger partial charge in [-0.25, -0.2) is 19.7 Å². The van der Waals surface area contributed by atoms with Gasteiger partial charge in [-0.2, -0.15) is 4.98 Å². The highest BCUT2D eigenvalue weighted by Gasteiger charge is 2.41. The lowest BCUT2D eigenvalue weighted by atomic mass is 10.0. The molecule has 2 aromatic heterocycles. The lowest BCUT2D eigenvalue weighted by Gasteiger charge is -2.43. The number of anilines is 3. The number of likely N-dealkylation sites (N-methyl/N-ethyl adjacent to an activating group) is 1. The minimum atomic E-state index is -0.427. The Bertz CT molecular complexity index is 985. The van der Waals surface area contributed by atoms with Crippen LogP contribution in [0.3, 0.4) is 0 Å². The van der Waals surface area contributed by atoms with Crippen LogP contribution in [0.5, 0.6) is 0 Å². The van der Waals surface area contributed by atoms with Crippen LogP contribution >= 0.6 is 0 Å². The predicted molar refractivity (Wildman–Crippen MR) is 110 cm³/mol. The molecule has 2 fully saturated rings. The molecular formula is C20H25N7O3. The molecule has 0 aromatic carbocycles. The Morgan fingerprint density at radius 3 is 2.70 bits per heavy atom. The summed E-state index contributed by atoms with van der Waals surface area (Å²) in [7, 11) is 1.78. The Kier molecular flexibility index (Phi) is 4.56. The standard InChI is InChI=1S/C20H25N7O3/c1-3-14-17(28)24(2)15-12-22-18(23-16(15)27(14)13-6-4-5-7-13)25-9-8-21-19(25)26-10-11-30-20(26)29/h8-9,12-14H,3-7,10-11H2,1-2H3. The molecule has 10 heteroatoms. The SMILES string of the molecule is CCC1C(=O)N(C)c2cnc(-n3ccnc3N3CCOC3=O)nc2N1C1CCCC1. The molecule has 0 spiro atoms. The Labute approximate surface area is 174 Å². The monoisotopic (exact) mass is 411 g/mol. The van der Waals surface area contributed by atoms with E-state index in [0.29, 0.717) is 43.2 Å². The summed E-state index contributed by atoms with van der Waals surface area (Å²) < 4.78 is 6.74. The third kappa shape index (κ3) is 2.81. The summed E-state index contributed by atoms with van der Waals surface area (Å²) in [6.45, 7) is 2.81. The topological polar surface area (TPSA) is 96.7 Å². The molecule has 1 aliphatic carbocycles. The Hall–Kier alpha value is -3.17. The molecule has 1 atom stereocenters. The van der Waals surface area contributed by atoms with Crippen molar-refractivity contribution in [3.05, 3.63) is 18.6 Å². The van der Waals surface area contributed by atoms with Gasteiger partial charge in [-0.3, -0.25) is 9.36 Å². The molecule has 10 nitrogen and oxygen atoms in total. The number of carbonyl (C=O) groups is 2. The van der Waals surface area contributed by atoms with Crippen molar-refractivity contribution in [1.82, 2.24) is 19.5 Å². The van der Waals surface area contributed by atoms with E-state index >= 15 is 0 Å². The fourth-order valence-electron chi connectivity index (χ4n) is 4.72. The highest BCUT2D eigenvalue weighted by molar-refractivity contribution is 6.04. The first-order chi connectivity index (χ1) is 14.6. The van der Waals surface area contributed by atoms with E-state index in [-0.39, 0.29) is 11.9 Å². The highest BCUT2D eigenvalue weighted by atomic mass is 16.6. The van der Waals surface area contributed by atoms with Crippen molar-refractivity contribution >= 4 is 29.5 Å². The molecular weight excluding hydrogens is 386 g/mol. The number of aromatic nitrogens is 4. The van der Waals surface area contributed by atoms with Crippen LogP contribution in [0.2, 0.25) is 0 Å². The van der Waals surface area contributed by atoms with Gasteiger partial charge in [0.05, 0.1) is 12.7 Å². The van der Waals surface area contributed by atoms with Crippen LogP contribution in [0.15, 0.2) is 18.6 Å². The number of imidazole rings is 1. The molecule has 0 N–H and O–H groups in total. The first-order valence-corrected chi connectivity index (χ1v) is 10.5. The predicted octanol–water partition coefficient (Wildman–Crippen LogP) is 2.12. The molecule has 1 unspecified atom stereocenters. The van der Waals surface area contributed by atoms with Crippen molar-refractivity contribution in [3.8, 4) is 5.95 Å². The summed E-state index contributed by atoms with van der Waals surface area (Å²) in [6, 6.07) is 0.0640. The van der Waals surface area contributed by atoms with E-state index in [1.165, 1.54) is 4.90 Å². The average Bonchev–Trinajstić information content (AvgIpc) is 3.51. The van der Waals surface area contributed by atoms with Crippen molar-refractivity contribution in [1.29, 1.82) is 0 Å². The van der Waals surface area contributed by atoms with E-state index in [0.717, 1.165) is 31.5 Å². The first kappa shape index (κ1) is 18.8. The van der Waals surface area contributed by atoms with Crippen LogP contribution in [-0.2, 0) is 9.53 Å². The van der Waals surface area contributed by atoms with E-state index in [4.69, 9.17) is 9.72 Å². The molecule has 5 rings (SSSR count). The van der Waals surface area contributed by atoms with Crippen molar-refractivity contribution in [2.75, 3.05) is 34.9 Å². The molecule has 2 aromatic rings. The van der Waals surface area contributed by atoms with Gasteiger partial charge >= 0.3 is 6.09 Å². The second kappa shape index (κ2) is 7.26.